The molecule has 8 nitrogen and oxygen atoms in total. The second-order valence-electron chi connectivity index (χ2n) is 5.71. The van der Waals surface area contributed by atoms with E-state index >= 15 is 0 Å². The minimum absolute atomic E-state index is 0.00416. The molecule has 0 aliphatic carbocycles. The van der Waals surface area contributed by atoms with Gasteiger partial charge in [-0.05, 0) is 24.5 Å². The van der Waals surface area contributed by atoms with Gasteiger partial charge in [-0.2, -0.15) is 4.72 Å². The lowest BCUT2D eigenvalue weighted by Crippen LogP contribution is -2.41. The first-order chi connectivity index (χ1) is 11.5. The van der Waals surface area contributed by atoms with Crippen LogP contribution in [-0.4, -0.2) is 45.6 Å². The van der Waals surface area contributed by atoms with E-state index in [1.54, 1.807) is 13.8 Å². The van der Waals surface area contributed by atoms with Crippen molar-refractivity contribution in [3.63, 3.8) is 0 Å². The molecule has 1 aromatic rings. The molecule has 1 atom stereocenters. The SMILES string of the molecule is CNC(=O)c1cc(Cl)cc(S(=O)(=O)NC(CC(C)C)C(=O)O)c1OC. The number of carboxylic acids is 1. The Balaban J connectivity index is 3.44. The lowest BCUT2D eigenvalue weighted by molar-refractivity contribution is -0.139. The summed E-state index contributed by atoms with van der Waals surface area (Å²) in [7, 11) is -1.72. The number of carbonyl (C=O) groups excluding carboxylic acids is 1. The van der Waals surface area contributed by atoms with Gasteiger partial charge in [-0.25, -0.2) is 8.42 Å². The van der Waals surface area contributed by atoms with Gasteiger partial charge in [0.2, 0.25) is 10.0 Å². The number of hydrogen-bond donors (Lipinski definition) is 3. The predicted octanol–water partition coefficient (Wildman–Crippen LogP) is 1.49. The van der Waals surface area contributed by atoms with Crippen molar-refractivity contribution in [2.24, 2.45) is 5.92 Å². The van der Waals surface area contributed by atoms with Crippen molar-refractivity contribution in [2.75, 3.05) is 14.2 Å². The Morgan fingerprint density at radius 3 is 2.36 bits per heavy atom. The van der Waals surface area contributed by atoms with E-state index in [-0.39, 0.29) is 28.7 Å². The van der Waals surface area contributed by atoms with Gasteiger partial charge in [-0.1, -0.05) is 25.4 Å². The summed E-state index contributed by atoms with van der Waals surface area (Å²) >= 11 is 5.93. The normalized spacial score (nSPS) is 12.7. The number of halogens is 1. The topological polar surface area (TPSA) is 122 Å². The number of ether oxygens (including phenoxy) is 1. The van der Waals surface area contributed by atoms with Gasteiger partial charge >= 0.3 is 5.97 Å². The molecule has 0 fully saturated rings. The van der Waals surface area contributed by atoms with Crippen molar-refractivity contribution < 1.29 is 27.9 Å². The maximum atomic E-state index is 12.7. The van der Waals surface area contributed by atoms with Crippen LogP contribution in [0.5, 0.6) is 5.75 Å². The third kappa shape index (κ3) is 5.32. The summed E-state index contributed by atoms with van der Waals surface area (Å²) < 4.78 is 32.6. The molecule has 1 unspecified atom stereocenters. The van der Waals surface area contributed by atoms with Gasteiger partial charge in [0.1, 0.15) is 10.9 Å². The van der Waals surface area contributed by atoms with Crippen LogP contribution < -0.4 is 14.8 Å². The molecule has 0 aromatic heterocycles. The second-order valence-corrected chi connectivity index (χ2v) is 7.82. The van der Waals surface area contributed by atoms with Crippen LogP contribution in [0.25, 0.3) is 0 Å². The lowest BCUT2D eigenvalue weighted by Gasteiger charge is -2.19. The average molecular weight is 393 g/mol. The van der Waals surface area contributed by atoms with E-state index in [0.717, 1.165) is 6.07 Å². The molecule has 140 valence electrons. The highest BCUT2D eigenvalue weighted by Gasteiger charge is 2.30. The minimum Gasteiger partial charge on any atom is -0.494 e. The van der Waals surface area contributed by atoms with Gasteiger partial charge in [0.25, 0.3) is 5.91 Å². The molecule has 0 spiro atoms. The van der Waals surface area contributed by atoms with Crippen LogP contribution in [0.4, 0.5) is 0 Å². The van der Waals surface area contributed by atoms with Crippen molar-refractivity contribution in [1.82, 2.24) is 10.0 Å². The van der Waals surface area contributed by atoms with Crippen LogP contribution in [0.15, 0.2) is 17.0 Å². The second kappa shape index (κ2) is 8.50. The number of carbonyl (C=O) groups is 2. The summed E-state index contributed by atoms with van der Waals surface area (Å²) in [5.74, 6) is -2.16. The van der Waals surface area contributed by atoms with Crippen molar-refractivity contribution >= 4 is 33.5 Å². The first kappa shape index (κ1) is 21.2. The van der Waals surface area contributed by atoms with Crippen LogP contribution in [0.3, 0.4) is 0 Å². The fourth-order valence-electron chi connectivity index (χ4n) is 2.20. The van der Waals surface area contributed by atoms with E-state index < -0.39 is 32.8 Å². The molecular weight excluding hydrogens is 372 g/mol. The van der Waals surface area contributed by atoms with E-state index in [2.05, 4.69) is 10.0 Å². The van der Waals surface area contributed by atoms with Crippen LogP contribution in [0.2, 0.25) is 5.02 Å². The predicted molar refractivity (Wildman–Crippen MR) is 92.6 cm³/mol. The third-order valence-corrected chi connectivity index (χ3v) is 4.98. The largest absolute Gasteiger partial charge is 0.494 e. The molecule has 1 aromatic carbocycles. The molecule has 10 heteroatoms. The number of hydrogen-bond acceptors (Lipinski definition) is 5. The van der Waals surface area contributed by atoms with Crippen LogP contribution in [-0.2, 0) is 14.8 Å². The van der Waals surface area contributed by atoms with Gasteiger partial charge in [0.15, 0.2) is 5.75 Å². The van der Waals surface area contributed by atoms with Gasteiger partial charge in [-0.3, -0.25) is 9.59 Å². The molecule has 1 amide bonds. The Morgan fingerprint density at radius 2 is 1.92 bits per heavy atom. The quantitative estimate of drug-likeness (QED) is 0.616. The fraction of sp³-hybridized carbons (Fsp3) is 0.467. The number of nitrogens with one attached hydrogen (secondary N) is 2. The highest BCUT2D eigenvalue weighted by Crippen LogP contribution is 2.32. The summed E-state index contributed by atoms with van der Waals surface area (Å²) in [5, 5.41) is 11.6. The van der Waals surface area contributed by atoms with Crippen LogP contribution in [0.1, 0.15) is 30.6 Å². The first-order valence-electron chi connectivity index (χ1n) is 7.38. The van der Waals surface area contributed by atoms with E-state index in [4.69, 9.17) is 16.3 Å². The van der Waals surface area contributed by atoms with E-state index in [1.165, 1.54) is 20.2 Å². The molecule has 0 saturated carbocycles. The molecule has 0 bridgehead atoms. The molecule has 0 aliphatic heterocycles. The number of sulfonamides is 1. The van der Waals surface area contributed by atoms with Crippen LogP contribution in [0, 0.1) is 5.92 Å². The number of methoxy groups -OCH3 is 1. The molecule has 1 rings (SSSR count). The summed E-state index contributed by atoms with van der Waals surface area (Å²) in [6, 6.07) is 1.04. The Kier molecular flexibility index (Phi) is 7.21. The zero-order chi connectivity index (χ0) is 19.4. The Labute approximate surface area is 151 Å². The molecule has 0 aliphatic rings. The Hall–Kier alpha value is -1.84. The van der Waals surface area contributed by atoms with Crippen molar-refractivity contribution in [3.8, 4) is 5.75 Å². The number of amides is 1. The van der Waals surface area contributed by atoms with Crippen molar-refractivity contribution in [2.45, 2.75) is 31.2 Å². The fourth-order valence-corrected chi connectivity index (χ4v) is 3.90. The number of benzene rings is 1. The zero-order valence-electron chi connectivity index (χ0n) is 14.3. The first-order valence-corrected chi connectivity index (χ1v) is 9.24. The molecule has 0 radical (unpaired) electrons. The maximum absolute atomic E-state index is 12.7. The smallest absolute Gasteiger partial charge is 0.321 e. The van der Waals surface area contributed by atoms with E-state index in [0.29, 0.717) is 0 Å². The van der Waals surface area contributed by atoms with Gasteiger partial charge in [-0.15, -0.1) is 0 Å². The average Bonchev–Trinajstić information content (AvgIpc) is 2.51. The molecule has 0 heterocycles. The molecule has 25 heavy (non-hydrogen) atoms. The van der Waals surface area contributed by atoms with Gasteiger partial charge < -0.3 is 15.2 Å². The summed E-state index contributed by atoms with van der Waals surface area (Å²) in [4.78, 5) is 22.9. The maximum Gasteiger partial charge on any atom is 0.321 e. The number of carboxylic acid groups (broad SMARTS) is 1. The monoisotopic (exact) mass is 392 g/mol. The summed E-state index contributed by atoms with van der Waals surface area (Å²) in [6.07, 6.45) is 0.0970. The summed E-state index contributed by atoms with van der Waals surface area (Å²) in [6.45, 7) is 3.54. The summed E-state index contributed by atoms with van der Waals surface area (Å²) in [5.41, 5.74) is -0.0754. The lowest BCUT2D eigenvalue weighted by atomic mass is 10.1. The number of rotatable bonds is 8. The van der Waals surface area contributed by atoms with E-state index in [1.807, 2.05) is 0 Å². The molecule has 0 saturated heterocycles. The molecule has 3 N–H and O–H groups in total. The third-order valence-electron chi connectivity index (χ3n) is 3.29. The Bertz CT molecular complexity index is 764. The Morgan fingerprint density at radius 1 is 1.32 bits per heavy atom. The standard InChI is InChI=1S/C15H21ClN2O6S/c1-8(2)5-11(15(20)21)18-25(22,23)12-7-9(16)6-10(13(12)24-4)14(19)17-3/h6-8,11,18H,5H2,1-4H3,(H,17,19)(H,20,21). The van der Waals surface area contributed by atoms with E-state index in [9.17, 15) is 23.1 Å². The van der Waals surface area contributed by atoms with Crippen molar-refractivity contribution in [3.05, 3.63) is 22.7 Å². The van der Waals surface area contributed by atoms with Gasteiger partial charge in [0.05, 0.1) is 12.7 Å². The molecular formula is C15H21ClN2O6S. The minimum atomic E-state index is -4.30. The van der Waals surface area contributed by atoms with Crippen molar-refractivity contribution in [1.29, 1.82) is 0 Å². The van der Waals surface area contributed by atoms with Gasteiger partial charge in [0, 0.05) is 12.1 Å². The highest BCUT2D eigenvalue weighted by molar-refractivity contribution is 7.89. The highest BCUT2D eigenvalue weighted by atomic mass is 35.5. The zero-order valence-corrected chi connectivity index (χ0v) is 15.9. The number of aliphatic carboxylic acids is 1. The van der Waals surface area contributed by atoms with Crippen LogP contribution >= 0.6 is 11.6 Å².